The molecule has 1 aromatic carbocycles. The third-order valence-corrected chi connectivity index (χ3v) is 5.01. The molecule has 0 amide bonds. The molecule has 0 saturated carbocycles. The number of aliphatic hydroxyl groups is 3. The molecule has 1 aromatic rings. The zero-order valence-corrected chi connectivity index (χ0v) is 15.0. The lowest BCUT2D eigenvalue weighted by atomic mass is 9.97. The summed E-state index contributed by atoms with van der Waals surface area (Å²) in [6.07, 6.45) is -7.52. The van der Waals surface area contributed by atoms with Gasteiger partial charge in [-0.25, -0.2) is 0 Å². The maximum atomic E-state index is 11.0. The number of aliphatic hydroxyl groups excluding tert-OH is 3. The van der Waals surface area contributed by atoms with Gasteiger partial charge in [0.05, 0.1) is 12.3 Å². The van der Waals surface area contributed by atoms with Crippen molar-refractivity contribution in [3.63, 3.8) is 0 Å². The summed E-state index contributed by atoms with van der Waals surface area (Å²) in [5, 5.41) is 29.9. The zero-order chi connectivity index (χ0) is 18.8. The minimum absolute atomic E-state index is 0.179. The van der Waals surface area contributed by atoms with Gasteiger partial charge < -0.3 is 34.6 Å². The van der Waals surface area contributed by atoms with Crippen molar-refractivity contribution in [3.8, 4) is 5.75 Å². The van der Waals surface area contributed by atoms with E-state index in [9.17, 15) is 19.9 Å². The van der Waals surface area contributed by atoms with Crippen LogP contribution in [0.2, 0.25) is 0 Å². The van der Waals surface area contributed by atoms with Gasteiger partial charge in [0.1, 0.15) is 24.1 Å². The first-order chi connectivity index (χ1) is 11.6. The Balaban J connectivity index is 2.06. The van der Waals surface area contributed by atoms with Crippen LogP contribution in [-0.4, -0.2) is 62.0 Å². The molecule has 9 heteroatoms. The van der Waals surface area contributed by atoms with Crippen LogP contribution in [0.15, 0.2) is 24.3 Å². The van der Waals surface area contributed by atoms with Gasteiger partial charge in [0.2, 0.25) is 6.29 Å². The van der Waals surface area contributed by atoms with Gasteiger partial charge in [0, 0.05) is 0 Å². The molecule has 5 N–H and O–H groups in total. The lowest BCUT2D eigenvalue weighted by molar-refractivity contribution is -0.272. The Labute approximate surface area is 146 Å². The number of rotatable bonds is 6. The predicted octanol–water partition coefficient (Wildman–Crippen LogP) is 0.564. The second-order valence-electron chi connectivity index (χ2n) is 6.53. The van der Waals surface area contributed by atoms with E-state index in [1.54, 1.807) is 12.1 Å². The Hall–Kier alpha value is -0.990. The summed E-state index contributed by atoms with van der Waals surface area (Å²) in [7, 11) is -4.27. The lowest BCUT2D eigenvalue weighted by Crippen LogP contribution is -2.59. The van der Waals surface area contributed by atoms with Crippen molar-refractivity contribution in [2.75, 3.05) is 6.16 Å². The summed E-state index contributed by atoms with van der Waals surface area (Å²) in [6, 6.07) is 7.14. The molecule has 8 nitrogen and oxygen atoms in total. The minimum Gasteiger partial charge on any atom is -0.462 e. The second kappa shape index (κ2) is 8.14. The molecular formula is C16H25O8P. The lowest BCUT2D eigenvalue weighted by Gasteiger charge is -2.40. The van der Waals surface area contributed by atoms with Crippen LogP contribution < -0.4 is 4.74 Å². The van der Waals surface area contributed by atoms with E-state index < -0.39 is 44.5 Å². The van der Waals surface area contributed by atoms with Gasteiger partial charge in [-0.05, 0) is 30.0 Å². The van der Waals surface area contributed by atoms with E-state index in [0.29, 0.717) is 11.7 Å². The van der Waals surface area contributed by atoms with Crippen LogP contribution in [0.25, 0.3) is 0 Å². The number of ether oxygens (including phenoxy) is 2. The van der Waals surface area contributed by atoms with Crippen LogP contribution in [0.5, 0.6) is 5.75 Å². The normalized spacial score (nSPS) is 30.5. The van der Waals surface area contributed by atoms with E-state index in [0.717, 1.165) is 5.56 Å². The molecule has 1 fully saturated rings. The molecule has 5 atom stereocenters. The Morgan fingerprint density at radius 3 is 2.20 bits per heavy atom. The summed E-state index contributed by atoms with van der Waals surface area (Å²) in [5.74, 6) is 0.755. The van der Waals surface area contributed by atoms with Gasteiger partial charge in [0.15, 0.2) is 0 Å². The van der Waals surface area contributed by atoms with Crippen LogP contribution >= 0.6 is 7.60 Å². The molecule has 2 rings (SSSR count). The van der Waals surface area contributed by atoms with Crippen LogP contribution in [-0.2, 0) is 9.30 Å². The molecule has 1 aliphatic rings. The van der Waals surface area contributed by atoms with E-state index in [1.807, 2.05) is 26.0 Å². The summed E-state index contributed by atoms with van der Waals surface area (Å²) >= 11 is 0. The molecule has 0 aromatic heterocycles. The van der Waals surface area contributed by atoms with Crippen molar-refractivity contribution < 1.29 is 39.1 Å². The van der Waals surface area contributed by atoms with Gasteiger partial charge in [-0.3, -0.25) is 4.57 Å². The van der Waals surface area contributed by atoms with E-state index >= 15 is 0 Å². The van der Waals surface area contributed by atoms with E-state index in [2.05, 4.69) is 0 Å². The fraction of sp³-hybridized carbons (Fsp3) is 0.625. The van der Waals surface area contributed by atoms with Gasteiger partial charge in [0.25, 0.3) is 0 Å². The van der Waals surface area contributed by atoms with Crippen LogP contribution in [0.4, 0.5) is 0 Å². The molecule has 1 heterocycles. The van der Waals surface area contributed by atoms with Crippen molar-refractivity contribution >= 4 is 7.60 Å². The Bertz CT molecular complexity index is 599. The first kappa shape index (κ1) is 20.3. The Morgan fingerprint density at radius 2 is 1.68 bits per heavy atom. The molecule has 1 saturated heterocycles. The first-order valence-electron chi connectivity index (χ1n) is 8.09. The topological polar surface area (TPSA) is 137 Å². The molecule has 0 aliphatic carbocycles. The summed E-state index contributed by atoms with van der Waals surface area (Å²) in [6.45, 7) is 4.10. The number of hydrogen-bond acceptors (Lipinski definition) is 6. The smallest absolute Gasteiger partial charge is 0.325 e. The second-order valence-corrected chi connectivity index (χ2v) is 8.31. The van der Waals surface area contributed by atoms with Crippen LogP contribution in [0.1, 0.15) is 31.7 Å². The third-order valence-electron chi connectivity index (χ3n) is 4.17. The largest absolute Gasteiger partial charge is 0.462 e. The highest BCUT2D eigenvalue weighted by molar-refractivity contribution is 7.51. The molecule has 0 radical (unpaired) electrons. The van der Waals surface area contributed by atoms with Gasteiger partial charge in [-0.15, -0.1) is 0 Å². The minimum atomic E-state index is -4.27. The molecule has 0 unspecified atom stereocenters. The molecule has 142 valence electrons. The fourth-order valence-corrected chi connectivity index (χ4v) is 3.20. The fourth-order valence-electron chi connectivity index (χ4n) is 2.61. The van der Waals surface area contributed by atoms with E-state index in [1.165, 1.54) is 0 Å². The van der Waals surface area contributed by atoms with E-state index in [4.69, 9.17) is 19.3 Å². The van der Waals surface area contributed by atoms with E-state index in [-0.39, 0.29) is 6.42 Å². The Morgan fingerprint density at radius 1 is 1.08 bits per heavy atom. The molecular weight excluding hydrogens is 351 g/mol. The van der Waals surface area contributed by atoms with Crippen LogP contribution in [0.3, 0.4) is 0 Å². The van der Waals surface area contributed by atoms with Crippen molar-refractivity contribution in [2.24, 2.45) is 0 Å². The quantitative estimate of drug-likeness (QED) is 0.455. The highest BCUT2D eigenvalue weighted by Gasteiger charge is 2.45. The van der Waals surface area contributed by atoms with Crippen molar-refractivity contribution in [2.45, 2.75) is 56.9 Å². The molecule has 25 heavy (non-hydrogen) atoms. The summed E-state index contributed by atoms with van der Waals surface area (Å²) in [4.78, 5) is 17.9. The van der Waals surface area contributed by atoms with Gasteiger partial charge in [-0.2, -0.15) is 0 Å². The predicted molar refractivity (Wildman–Crippen MR) is 89.4 cm³/mol. The maximum absolute atomic E-state index is 11.0. The Kier molecular flexibility index (Phi) is 6.62. The molecule has 1 aliphatic heterocycles. The van der Waals surface area contributed by atoms with Crippen LogP contribution in [0, 0.1) is 0 Å². The van der Waals surface area contributed by atoms with Crippen molar-refractivity contribution in [3.05, 3.63) is 29.8 Å². The SMILES string of the molecule is CC(C)c1ccc(O[C@H]2O[C@H](CCP(=O)(O)O)[C@@H](O)[C@H](O)[C@@H]2O)cc1. The maximum Gasteiger partial charge on any atom is 0.325 e. The zero-order valence-electron chi connectivity index (χ0n) is 14.1. The van der Waals surface area contributed by atoms with Gasteiger partial charge in [-0.1, -0.05) is 26.0 Å². The highest BCUT2D eigenvalue weighted by atomic mass is 31.2. The first-order valence-corrected chi connectivity index (χ1v) is 9.89. The number of benzene rings is 1. The third kappa shape index (κ3) is 5.49. The summed E-state index contributed by atoms with van der Waals surface area (Å²) < 4.78 is 22.0. The van der Waals surface area contributed by atoms with Crippen molar-refractivity contribution in [1.82, 2.24) is 0 Å². The monoisotopic (exact) mass is 376 g/mol. The standard InChI is InChI=1S/C16H25O8P/c1-9(2)10-3-5-11(6-4-10)23-16-15(19)14(18)13(17)12(24-16)7-8-25(20,21)22/h3-6,9,12-19H,7-8H2,1-2H3,(H2,20,21,22)/t12-,13-,14+,15+,16+/m1/s1. The van der Waals surface area contributed by atoms with Gasteiger partial charge >= 0.3 is 7.60 Å². The summed E-state index contributed by atoms with van der Waals surface area (Å²) in [5.41, 5.74) is 1.10. The molecule has 0 bridgehead atoms. The molecule has 0 spiro atoms. The highest BCUT2D eigenvalue weighted by Crippen LogP contribution is 2.37. The van der Waals surface area contributed by atoms with Crippen molar-refractivity contribution in [1.29, 1.82) is 0 Å². The number of hydrogen-bond donors (Lipinski definition) is 5. The average molecular weight is 376 g/mol. The average Bonchev–Trinajstić information content (AvgIpc) is 2.54.